The Labute approximate surface area is 97.2 Å². The predicted molar refractivity (Wildman–Crippen MR) is 63.1 cm³/mol. The number of rotatable bonds is 7. The normalized spacial score (nSPS) is 13.3. The lowest BCUT2D eigenvalue weighted by Gasteiger charge is -2.22. The second-order valence-corrected chi connectivity index (χ2v) is 4.00. The van der Waals surface area contributed by atoms with Crippen molar-refractivity contribution < 1.29 is 4.52 Å². The van der Waals surface area contributed by atoms with Crippen LogP contribution in [0, 0.1) is 6.92 Å². The molecule has 0 fully saturated rings. The van der Waals surface area contributed by atoms with Gasteiger partial charge in [0.25, 0.3) is 0 Å². The van der Waals surface area contributed by atoms with Crippen LogP contribution < -0.4 is 5.32 Å². The van der Waals surface area contributed by atoms with Crippen molar-refractivity contribution in [2.75, 3.05) is 19.6 Å². The van der Waals surface area contributed by atoms with Gasteiger partial charge in [-0.2, -0.15) is 4.98 Å². The maximum absolute atomic E-state index is 4.91. The first-order valence-corrected chi connectivity index (χ1v) is 5.90. The third kappa shape index (κ3) is 4.28. The quantitative estimate of drug-likeness (QED) is 0.757. The highest BCUT2D eigenvalue weighted by Crippen LogP contribution is 1.96. The summed E-state index contributed by atoms with van der Waals surface area (Å²) in [4.78, 5) is 6.54. The van der Waals surface area contributed by atoms with Gasteiger partial charge in [-0.25, -0.2) is 0 Å². The number of aryl methyl sites for hydroxylation is 1. The molecule has 5 heteroatoms. The van der Waals surface area contributed by atoms with Crippen LogP contribution in [0.4, 0.5) is 0 Å². The Morgan fingerprint density at radius 1 is 1.38 bits per heavy atom. The summed E-state index contributed by atoms with van der Waals surface area (Å²) >= 11 is 0. The van der Waals surface area contributed by atoms with E-state index in [2.05, 4.69) is 41.1 Å². The van der Waals surface area contributed by atoms with Gasteiger partial charge in [-0.05, 0) is 20.0 Å². The van der Waals surface area contributed by atoms with Crippen LogP contribution in [-0.2, 0) is 6.54 Å². The number of aromatic nitrogens is 2. The monoisotopic (exact) mass is 226 g/mol. The fourth-order valence-corrected chi connectivity index (χ4v) is 1.61. The molecule has 0 aromatic carbocycles. The van der Waals surface area contributed by atoms with Crippen molar-refractivity contribution >= 4 is 0 Å². The van der Waals surface area contributed by atoms with Gasteiger partial charge in [0.05, 0.1) is 6.54 Å². The van der Waals surface area contributed by atoms with Crippen molar-refractivity contribution in [2.45, 2.75) is 40.3 Å². The van der Waals surface area contributed by atoms with Gasteiger partial charge >= 0.3 is 0 Å². The Kier molecular flexibility index (Phi) is 5.42. The molecule has 0 aliphatic heterocycles. The van der Waals surface area contributed by atoms with Crippen LogP contribution in [0.2, 0.25) is 0 Å². The molecule has 1 rings (SSSR count). The summed E-state index contributed by atoms with van der Waals surface area (Å²) in [6.07, 6.45) is 0. The summed E-state index contributed by atoms with van der Waals surface area (Å²) in [6.45, 7) is 12.2. The molecule has 0 radical (unpaired) electrons. The van der Waals surface area contributed by atoms with E-state index in [9.17, 15) is 0 Å². The lowest BCUT2D eigenvalue weighted by atomic mass is 10.3. The smallest absolute Gasteiger partial charge is 0.223 e. The molecule has 1 N–H and O–H groups in total. The molecule has 1 unspecified atom stereocenters. The zero-order valence-electron chi connectivity index (χ0n) is 10.7. The third-order valence-electron chi connectivity index (χ3n) is 2.60. The van der Waals surface area contributed by atoms with Crippen LogP contribution in [0.25, 0.3) is 0 Å². The van der Waals surface area contributed by atoms with Crippen LogP contribution in [0.5, 0.6) is 0 Å². The minimum atomic E-state index is 0.429. The first-order chi connectivity index (χ1) is 7.65. The summed E-state index contributed by atoms with van der Waals surface area (Å²) < 4.78 is 4.91. The number of hydrogen-bond acceptors (Lipinski definition) is 5. The van der Waals surface area contributed by atoms with Gasteiger partial charge in [0.1, 0.15) is 0 Å². The molecule has 5 nitrogen and oxygen atoms in total. The zero-order chi connectivity index (χ0) is 12.0. The minimum Gasteiger partial charge on any atom is -0.340 e. The molecule has 1 heterocycles. The van der Waals surface area contributed by atoms with E-state index in [1.165, 1.54) is 0 Å². The topological polar surface area (TPSA) is 54.2 Å². The average Bonchev–Trinajstić information content (AvgIpc) is 2.69. The largest absolute Gasteiger partial charge is 0.340 e. The maximum atomic E-state index is 4.91. The van der Waals surface area contributed by atoms with Crippen molar-refractivity contribution in [2.24, 2.45) is 0 Å². The van der Waals surface area contributed by atoms with E-state index in [0.29, 0.717) is 18.5 Å². The molecule has 16 heavy (non-hydrogen) atoms. The van der Waals surface area contributed by atoms with Gasteiger partial charge < -0.3 is 14.7 Å². The van der Waals surface area contributed by atoms with Gasteiger partial charge in [-0.3, -0.25) is 0 Å². The average molecular weight is 226 g/mol. The molecule has 92 valence electrons. The van der Waals surface area contributed by atoms with Gasteiger partial charge in [-0.15, -0.1) is 0 Å². The molecule has 0 saturated heterocycles. The summed E-state index contributed by atoms with van der Waals surface area (Å²) in [6, 6.07) is 0.429. The second kappa shape index (κ2) is 6.60. The summed E-state index contributed by atoms with van der Waals surface area (Å²) in [5.74, 6) is 1.34. The summed E-state index contributed by atoms with van der Waals surface area (Å²) in [5, 5.41) is 7.23. The van der Waals surface area contributed by atoms with Crippen LogP contribution in [0.1, 0.15) is 32.5 Å². The molecular formula is C11H22N4O. The predicted octanol–water partition coefficient (Wildman–Crippen LogP) is 1.20. The molecule has 0 aliphatic carbocycles. The molecular weight excluding hydrogens is 204 g/mol. The number of nitrogens with one attached hydrogen (secondary N) is 1. The maximum Gasteiger partial charge on any atom is 0.223 e. The molecule has 0 saturated carbocycles. The first kappa shape index (κ1) is 13.1. The van der Waals surface area contributed by atoms with Crippen LogP contribution >= 0.6 is 0 Å². The Hall–Kier alpha value is -0.940. The summed E-state index contributed by atoms with van der Waals surface area (Å²) in [7, 11) is 0. The highest BCUT2D eigenvalue weighted by molar-refractivity contribution is 4.83. The van der Waals surface area contributed by atoms with Gasteiger partial charge in [0.2, 0.25) is 5.89 Å². The van der Waals surface area contributed by atoms with Crippen molar-refractivity contribution in [1.29, 1.82) is 0 Å². The molecule has 0 bridgehead atoms. The van der Waals surface area contributed by atoms with Crippen LogP contribution in [0.15, 0.2) is 4.52 Å². The van der Waals surface area contributed by atoms with Gasteiger partial charge in [0, 0.05) is 19.5 Å². The molecule has 1 atom stereocenters. The van der Waals surface area contributed by atoms with Crippen molar-refractivity contribution in [3.8, 4) is 0 Å². The number of nitrogens with zero attached hydrogens (tertiary/aromatic N) is 3. The van der Waals surface area contributed by atoms with E-state index in [0.717, 1.165) is 25.5 Å². The van der Waals surface area contributed by atoms with Gasteiger partial charge in [-0.1, -0.05) is 19.0 Å². The van der Waals surface area contributed by atoms with Crippen molar-refractivity contribution in [3.05, 3.63) is 11.7 Å². The Bertz CT molecular complexity index is 296. The standard InChI is InChI=1S/C11H22N4O/c1-5-15(6-2)8-9(3)12-7-11-13-10(4)16-14-11/h9,12H,5-8H2,1-4H3. The summed E-state index contributed by atoms with van der Waals surface area (Å²) in [5.41, 5.74) is 0. The SMILES string of the molecule is CCN(CC)CC(C)NCc1noc(C)n1. The van der Waals surface area contributed by atoms with Crippen LogP contribution in [0.3, 0.4) is 0 Å². The van der Waals surface area contributed by atoms with E-state index in [1.54, 1.807) is 6.92 Å². The molecule has 1 aromatic rings. The van der Waals surface area contributed by atoms with E-state index in [1.807, 2.05) is 0 Å². The Morgan fingerprint density at radius 3 is 2.56 bits per heavy atom. The lowest BCUT2D eigenvalue weighted by Crippen LogP contribution is -2.38. The minimum absolute atomic E-state index is 0.429. The van der Waals surface area contributed by atoms with Crippen LogP contribution in [-0.4, -0.2) is 40.7 Å². The molecule has 0 amide bonds. The van der Waals surface area contributed by atoms with E-state index in [-0.39, 0.29) is 0 Å². The van der Waals surface area contributed by atoms with Crippen molar-refractivity contribution in [3.63, 3.8) is 0 Å². The highest BCUT2D eigenvalue weighted by atomic mass is 16.5. The fourth-order valence-electron chi connectivity index (χ4n) is 1.61. The van der Waals surface area contributed by atoms with Gasteiger partial charge in [0.15, 0.2) is 5.82 Å². The second-order valence-electron chi connectivity index (χ2n) is 4.00. The van der Waals surface area contributed by atoms with E-state index < -0.39 is 0 Å². The third-order valence-corrected chi connectivity index (χ3v) is 2.60. The molecule has 0 aliphatic rings. The number of likely N-dealkylation sites (N-methyl/N-ethyl adjacent to an activating group) is 1. The highest BCUT2D eigenvalue weighted by Gasteiger charge is 2.08. The lowest BCUT2D eigenvalue weighted by molar-refractivity contribution is 0.269. The van der Waals surface area contributed by atoms with Crippen molar-refractivity contribution in [1.82, 2.24) is 20.4 Å². The molecule has 1 aromatic heterocycles. The Balaban J connectivity index is 2.26. The molecule has 0 spiro atoms. The number of hydrogen-bond donors (Lipinski definition) is 1. The Morgan fingerprint density at radius 2 is 2.06 bits per heavy atom. The fraction of sp³-hybridized carbons (Fsp3) is 0.818. The van der Waals surface area contributed by atoms with E-state index in [4.69, 9.17) is 4.52 Å². The zero-order valence-corrected chi connectivity index (χ0v) is 10.7. The first-order valence-electron chi connectivity index (χ1n) is 5.90. The van der Waals surface area contributed by atoms with E-state index >= 15 is 0 Å².